The summed E-state index contributed by atoms with van der Waals surface area (Å²) in [7, 11) is 1.80. The van der Waals surface area contributed by atoms with Crippen LogP contribution in [0.4, 0.5) is 0 Å². The molecule has 2 rings (SSSR count). The van der Waals surface area contributed by atoms with E-state index in [-0.39, 0.29) is 24.1 Å². The van der Waals surface area contributed by atoms with Gasteiger partial charge in [0.15, 0.2) is 0 Å². The van der Waals surface area contributed by atoms with Gasteiger partial charge in [-0.3, -0.25) is 14.6 Å². The van der Waals surface area contributed by atoms with E-state index in [4.69, 9.17) is 0 Å². The third-order valence-electron chi connectivity index (χ3n) is 3.46. The number of carbonyl (C=O) groups is 2. The summed E-state index contributed by atoms with van der Waals surface area (Å²) in [6.45, 7) is 0.00239. The van der Waals surface area contributed by atoms with E-state index in [1.807, 2.05) is 0 Å². The van der Waals surface area contributed by atoms with Crippen LogP contribution < -0.4 is 5.32 Å². The molecule has 2 amide bonds. The molecule has 1 aliphatic rings. The number of aromatic nitrogens is 2. The monoisotopic (exact) mass is 262 g/mol. The van der Waals surface area contributed by atoms with Crippen molar-refractivity contribution in [3.63, 3.8) is 0 Å². The molecule has 1 fully saturated rings. The van der Waals surface area contributed by atoms with E-state index in [1.165, 1.54) is 31.4 Å². The van der Waals surface area contributed by atoms with E-state index < -0.39 is 0 Å². The summed E-state index contributed by atoms with van der Waals surface area (Å²) in [6, 6.07) is 0.320. The summed E-state index contributed by atoms with van der Waals surface area (Å²) in [4.78, 5) is 33.1. The van der Waals surface area contributed by atoms with Gasteiger partial charge in [-0.2, -0.15) is 0 Å². The van der Waals surface area contributed by atoms with Gasteiger partial charge < -0.3 is 10.2 Å². The molecule has 1 N–H and O–H groups in total. The number of nitrogens with one attached hydrogen (secondary N) is 1. The molecule has 6 heteroatoms. The molecule has 1 heterocycles. The third kappa shape index (κ3) is 3.49. The molecule has 0 spiro atoms. The fourth-order valence-corrected chi connectivity index (χ4v) is 2.28. The second-order valence-electron chi connectivity index (χ2n) is 4.72. The first-order valence-corrected chi connectivity index (χ1v) is 6.48. The van der Waals surface area contributed by atoms with Gasteiger partial charge in [0.1, 0.15) is 5.69 Å². The van der Waals surface area contributed by atoms with Crippen LogP contribution in [-0.2, 0) is 4.79 Å². The van der Waals surface area contributed by atoms with Crippen molar-refractivity contribution in [2.45, 2.75) is 31.7 Å². The number of likely N-dealkylation sites (N-methyl/N-ethyl adjacent to an activating group) is 1. The molecule has 0 aromatic carbocycles. The largest absolute Gasteiger partial charge is 0.342 e. The molecule has 0 atom stereocenters. The minimum atomic E-state index is -0.374. The summed E-state index contributed by atoms with van der Waals surface area (Å²) in [5, 5.41) is 2.57. The van der Waals surface area contributed by atoms with E-state index in [0.717, 1.165) is 12.8 Å². The highest BCUT2D eigenvalue weighted by atomic mass is 16.2. The number of hydrogen-bond donors (Lipinski definition) is 1. The first kappa shape index (κ1) is 13.5. The van der Waals surface area contributed by atoms with Gasteiger partial charge >= 0.3 is 0 Å². The van der Waals surface area contributed by atoms with Crippen LogP contribution in [0.1, 0.15) is 36.2 Å². The van der Waals surface area contributed by atoms with Crippen molar-refractivity contribution in [1.29, 1.82) is 0 Å². The van der Waals surface area contributed by atoms with Gasteiger partial charge in [0, 0.05) is 25.5 Å². The molecule has 0 aliphatic heterocycles. The molecular formula is C13H18N4O2. The molecule has 0 radical (unpaired) electrons. The first-order valence-electron chi connectivity index (χ1n) is 6.48. The molecule has 102 valence electrons. The predicted octanol–water partition coefficient (Wildman–Crippen LogP) is 0.607. The predicted molar refractivity (Wildman–Crippen MR) is 69.4 cm³/mol. The van der Waals surface area contributed by atoms with E-state index in [2.05, 4.69) is 15.3 Å². The van der Waals surface area contributed by atoms with E-state index in [9.17, 15) is 9.59 Å². The average molecular weight is 262 g/mol. The Hall–Kier alpha value is -1.98. The number of hydrogen-bond acceptors (Lipinski definition) is 4. The summed E-state index contributed by atoms with van der Waals surface area (Å²) < 4.78 is 0. The summed E-state index contributed by atoms with van der Waals surface area (Å²) >= 11 is 0. The Kier molecular flexibility index (Phi) is 4.43. The highest BCUT2D eigenvalue weighted by Gasteiger charge is 2.23. The molecule has 1 saturated carbocycles. The number of carbonyl (C=O) groups excluding carboxylic acids is 2. The molecule has 0 bridgehead atoms. The Bertz CT molecular complexity index is 443. The maximum absolute atomic E-state index is 11.9. The van der Waals surface area contributed by atoms with Gasteiger partial charge in [-0.05, 0) is 12.8 Å². The Morgan fingerprint density at radius 1 is 1.37 bits per heavy atom. The zero-order valence-electron chi connectivity index (χ0n) is 11.0. The fourth-order valence-electron chi connectivity index (χ4n) is 2.28. The van der Waals surface area contributed by atoms with E-state index in [1.54, 1.807) is 11.9 Å². The van der Waals surface area contributed by atoms with Gasteiger partial charge in [0.2, 0.25) is 5.91 Å². The molecule has 1 aromatic rings. The molecular weight excluding hydrogens is 244 g/mol. The van der Waals surface area contributed by atoms with Crippen molar-refractivity contribution in [1.82, 2.24) is 20.2 Å². The van der Waals surface area contributed by atoms with E-state index >= 15 is 0 Å². The molecule has 19 heavy (non-hydrogen) atoms. The lowest BCUT2D eigenvalue weighted by Crippen LogP contribution is -2.42. The van der Waals surface area contributed by atoms with Gasteiger partial charge in [0.25, 0.3) is 5.91 Å². The van der Waals surface area contributed by atoms with Crippen LogP contribution in [0.3, 0.4) is 0 Å². The number of amides is 2. The van der Waals surface area contributed by atoms with Crippen LogP contribution in [0.2, 0.25) is 0 Å². The zero-order chi connectivity index (χ0) is 13.7. The van der Waals surface area contributed by atoms with Gasteiger partial charge in [0.05, 0.1) is 12.7 Å². The second-order valence-corrected chi connectivity index (χ2v) is 4.72. The van der Waals surface area contributed by atoms with Crippen LogP contribution in [0.25, 0.3) is 0 Å². The lowest BCUT2D eigenvalue weighted by atomic mass is 10.2. The number of rotatable bonds is 4. The second kappa shape index (κ2) is 6.26. The van der Waals surface area contributed by atoms with E-state index in [0.29, 0.717) is 6.04 Å². The smallest absolute Gasteiger partial charge is 0.271 e. The molecule has 1 aliphatic carbocycles. The van der Waals surface area contributed by atoms with Crippen LogP contribution in [-0.4, -0.2) is 46.3 Å². The Balaban J connectivity index is 1.81. The van der Waals surface area contributed by atoms with Crippen molar-refractivity contribution >= 4 is 11.8 Å². The summed E-state index contributed by atoms with van der Waals surface area (Å²) in [5.41, 5.74) is 0.221. The Labute approximate surface area is 112 Å². The Morgan fingerprint density at radius 2 is 2.11 bits per heavy atom. The van der Waals surface area contributed by atoms with Gasteiger partial charge in [-0.15, -0.1) is 0 Å². The lowest BCUT2D eigenvalue weighted by molar-refractivity contribution is -0.130. The quantitative estimate of drug-likeness (QED) is 0.862. The average Bonchev–Trinajstić information content (AvgIpc) is 2.98. The minimum absolute atomic E-state index is 0.00239. The third-order valence-corrected chi connectivity index (χ3v) is 3.46. The summed E-state index contributed by atoms with van der Waals surface area (Å²) in [6.07, 6.45) is 8.78. The van der Waals surface area contributed by atoms with Crippen molar-refractivity contribution < 1.29 is 9.59 Å². The lowest BCUT2D eigenvalue weighted by Gasteiger charge is -2.24. The SMILES string of the molecule is CN(C(=O)CNC(=O)c1cnccn1)C1CCCC1. The van der Waals surface area contributed by atoms with Crippen LogP contribution in [0.5, 0.6) is 0 Å². The molecule has 6 nitrogen and oxygen atoms in total. The highest BCUT2D eigenvalue weighted by Crippen LogP contribution is 2.22. The van der Waals surface area contributed by atoms with Crippen molar-refractivity contribution in [3.05, 3.63) is 24.3 Å². The normalized spacial score (nSPS) is 15.2. The maximum Gasteiger partial charge on any atom is 0.271 e. The molecule has 1 aromatic heterocycles. The topological polar surface area (TPSA) is 75.2 Å². The van der Waals surface area contributed by atoms with Gasteiger partial charge in [-0.25, -0.2) is 4.98 Å². The van der Waals surface area contributed by atoms with Crippen LogP contribution in [0.15, 0.2) is 18.6 Å². The van der Waals surface area contributed by atoms with Crippen molar-refractivity contribution in [2.75, 3.05) is 13.6 Å². The fraction of sp³-hybridized carbons (Fsp3) is 0.538. The van der Waals surface area contributed by atoms with Crippen LogP contribution >= 0.6 is 0 Å². The zero-order valence-corrected chi connectivity index (χ0v) is 11.0. The standard InChI is InChI=1S/C13H18N4O2/c1-17(10-4-2-3-5-10)12(18)9-16-13(19)11-8-14-6-7-15-11/h6-8,10H,2-5,9H2,1H3,(H,16,19). The summed E-state index contributed by atoms with van der Waals surface area (Å²) in [5.74, 6) is -0.439. The molecule has 0 unspecified atom stereocenters. The van der Waals surface area contributed by atoms with Crippen molar-refractivity contribution in [2.24, 2.45) is 0 Å². The van der Waals surface area contributed by atoms with Crippen molar-refractivity contribution in [3.8, 4) is 0 Å². The maximum atomic E-state index is 11.9. The van der Waals surface area contributed by atoms with Gasteiger partial charge in [-0.1, -0.05) is 12.8 Å². The number of nitrogens with zero attached hydrogens (tertiary/aromatic N) is 3. The minimum Gasteiger partial charge on any atom is -0.342 e. The first-order chi connectivity index (χ1) is 9.18. The van der Waals surface area contributed by atoms with Crippen LogP contribution in [0, 0.1) is 0 Å². The highest BCUT2D eigenvalue weighted by molar-refractivity contribution is 5.94. The Morgan fingerprint density at radius 3 is 2.74 bits per heavy atom. The molecule has 0 saturated heterocycles.